The van der Waals surface area contributed by atoms with E-state index in [1.807, 2.05) is 13.8 Å². The second-order valence-corrected chi connectivity index (χ2v) is 6.65. The summed E-state index contributed by atoms with van der Waals surface area (Å²) in [6, 6.07) is 4.39. The van der Waals surface area contributed by atoms with E-state index >= 15 is 0 Å². The lowest BCUT2D eigenvalue weighted by atomic mass is 10.2. The van der Waals surface area contributed by atoms with E-state index in [4.69, 9.17) is 4.74 Å². The lowest BCUT2D eigenvalue weighted by Crippen LogP contribution is -2.50. The molecule has 126 valence electrons. The van der Waals surface area contributed by atoms with Crippen LogP contribution in [0.25, 0.3) is 0 Å². The number of aromatic nitrogens is 1. The molecule has 0 radical (unpaired) electrons. The van der Waals surface area contributed by atoms with Crippen molar-refractivity contribution < 1.29 is 9.53 Å². The monoisotopic (exact) mass is 318 g/mol. The third-order valence-electron chi connectivity index (χ3n) is 4.43. The summed E-state index contributed by atoms with van der Waals surface area (Å²) in [5.41, 5.74) is 0.580. The fourth-order valence-corrected chi connectivity index (χ4v) is 3.29. The van der Waals surface area contributed by atoms with E-state index in [1.165, 1.54) is 12.8 Å². The molecule has 2 atom stereocenters. The quantitative estimate of drug-likeness (QED) is 0.861. The summed E-state index contributed by atoms with van der Waals surface area (Å²) >= 11 is 0. The van der Waals surface area contributed by atoms with Crippen molar-refractivity contribution >= 4 is 11.7 Å². The van der Waals surface area contributed by atoms with Crippen LogP contribution in [0.1, 0.15) is 37.0 Å². The first-order valence-corrected chi connectivity index (χ1v) is 8.49. The number of carbonyl (C=O) groups is 1. The van der Waals surface area contributed by atoms with Crippen LogP contribution in [-0.2, 0) is 4.74 Å². The standard InChI is InChI=1S/C17H26N4O2/c1-12(2)20-16-15(6-3-7-18-16)17(22)19-9-14-10-21-8-4-5-13(21)11-23-14/h3,6-7,12-14H,4-5,8-11H2,1-2H3,(H,18,20)(H,19,22)/t13-,14-/m1/s1. The lowest BCUT2D eigenvalue weighted by molar-refractivity contribution is -0.0461. The largest absolute Gasteiger partial charge is 0.373 e. The number of hydrogen-bond acceptors (Lipinski definition) is 5. The first-order valence-electron chi connectivity index (χ1n) is 8.49. The molecule has 2 saturated heterocycles. The molecule has 3 rings (SSSR count). The minimum Gasteiger partial charge on any atom is -0.373 e. The van der Waals surface area contributed by atoms with E-state index in [9.17, 15) is 4.79 Å². The van der Waals surface area contributed by atoms with Gasteiger partial charge >= 0.3 is 0 Å². The van der Waals surface area contributed by atoms with Crippen LogP contribution in [0.15, 0.2) is 18.3 Å². The van der Waals surface area contributed by atoms with E-state index in [0.29, 0.717) is 24.0 Å². The van der Waals surface area contributed by atoms with Gasteiger partial charge in [-0.05, 0) is 45.4 Å². The average Bonchev–Trinajstić information content (AvgIpc) is 3.00. The van der Waals surface area contributed by atoms with Crippen LogP contribution in [0.2, 0.25) is 0 Å². The van der Waals surface area contributed by atoms with E-state index in [-0.39, 0.29) is 18.1 Å². The lowest BCUT2D eigenvalue weighted by Gasteiger charge is -2.35. The molecule has 1 aromatic heterocycles. The number of morpholine rings is 1. The Morgan fingerprint density at radius 1 is 1.52 bits per heavy atom. The highest BCUT2D eigenvalue weighted by Crippen LogP contribution is 2.22. The second-order valence-electron chi connectivity index (χ2n) is 6.65. The molecule has 1 aromatic rings. The van der Waals surface area contributed by atoms with Crippen LogP contribution < -0.4 is 10.6 Å². The van der Waals surface area contributed by atoms with Crippen molar-refractivity contribution in [3.8, 4) is 0 Å². The van der Waals surface area contributed by atoms with E-state index in [1.54, 1.807) is 18.3 Å². The Labute approximate surface area is 137 Å². The summed E-state index contributed by atoms with van der Waals surface area (Å²) in [7, 11) is 0. The van der Waals surface area contributed by atoms with Gasteiger partial charge in [0.25, 0.3) is 5.91 Å². The van der Waals surface area contributed by atoms with Crippen LogP contribution in [0.4, 0.5) is 5.82 Å². The zero-order chi connectivity index (χ0) is 16.2. The van der Waals surface area contributed by atoms with Crippen molar-refractivity contribution in [2.24, 2.45) is 0 Å². The molecule has 6 nitrogen and oxygen atoms in total. The molecule has 0 bridgehead atoms. The Morgan fingerprint density at radius 3 is 3.22 bits per heavy atom. The van der Waals surface area contributed by atoms with Crippen molar-refractivity contribution in [1.29, 1.82) is 0 Å². The average molecular weight is 318 g/mol. The predicted octanol–water partition coefficient (Wildman–Crippen LogP) is 1.49. The number of rotatable bonds is 5. The Kier molecular flexibility index (Phi) is 5.13. The summed E-state index contributed by atoms with van der Waals surface area (Å²) in [5, 5.41) is 6.20. The third-order valence-corrected chi connectivity index (χ3v) is 4.43. The maximum Gasteiger partial charge on any atom is 0.255 e. The minimum atomic E-state index is -0.103. The Hall–Kier alpha value is -1.66. The van der Waals surface area contributed by atoms with Crippen molar-refractivity contribution in [3.05, 3.63) is 23.9 Å². The van der Waals surface area contributed by atoms with Gasteiger partial charge < -0.3 is 15.4 Å². The molecule has 23 heavy (non-hydrogen) atoms. The highest BCUT2D eigenvalue weighted by molar-refractivity contribution is 5.98. The van der Waals surface area contributed by atoms with E-state index in [0.717, 1.165) is 19.7 Å². The highest BCUT2D eigenvalue weighted by Gasteiger charge is 2.32. The maximum atomic E-state index is 12.5. The van der Waals surface area contributed by atoms with E-state index < -0.39 is 0 Å². The molecular weight excluding hydrogens is 292 g/mol. The molecule has 0 aromatic carbocycles. The summed E-state index contributed by atoms with van der Waals surface area (Å²) in [4.78, 5) is 19.2. The number of ether oxygens (including phenoxy) is 1. The summed E-state index contributed by atoms with van der Waals surface area (Å²) in [6.07, 6.45) is 4.26. The van der Waals surface area contributed by atoms with Gasteiger partial charge in [0, 0.05) is 31.4 Å². The zero-order valence-electron chi connectivity index (χ0n) is 13.9. The van der Waals surface area contributed by atoms with Crippen LogP contribution in [0.5, 0.6) is 0 Å². The molecule has 0 saturated carbocycles. The molecule has 0 unspecified atom stereocenters. The minimum absolute atomic E-state index is 0.0754. The van der Waals surface area contributed by atoms with Crippen molar-refractivity contribution in [2.75, 3.05) is 31.6 Å². The van der Waals surface area contributed by atoms with Crippen LogP contribution in [-0.4, -0.2) is 60.2 Å². The topological polar surface area (TPSA) is 66.5 Å². The van der Waals surface area contributed by atoms with Gasteiger partial charge in [-0.25, -0.2) is 4.98 Å². The van der Waals surface area contributed by atoms with Gasteiger partial charge in [0.15, 0.2) is 0 Å². The number of hydrogen-bond donors (Lipinski definition) is 2. The van der Waals surface area contributed by atoms with Crippen molar-refractivity contribution in [1.82, 2.24) is 15.2 Å². The molecule has 3 heterocycles. The predicted molar refractivity (Wildman–Crippen MR) is 89.7 cm³/mol. The number of nitrogens with zero attached hydrogens (tertiary/aromatic N) is 2. The van der Waals surface area contributed by atoms with Gasteiger partial charge in [-0.3, -0.25) is 9.69 Å². The molecule has 0 spiro atoms. The molecule has 6 heteroatoms. The van der Waals surface area contributed by atoms with Gasteiger partial charge in [0.2, 0.25) is 0 Å². The van der Waals surface area contributed by atoms with Crippen molar-refractivity contribution in [3.63, 3.8) is 0 Å². The molecule has 1 amide bonds. The number of fused-ring (bicyclic) bond motifs is 1. The van der Waals surface area contributed by atoms with Crippen LogP contribution in [0, 0.1) is 0 Å². The number of carbonyl (C=O) groups excluding carboxylic acids is 1. The van der Waals surface area contributed by atoms with Crippen LogP contribution in [0.3, 0.4) is 0 Å². The van der Waals surface area contributed by atoms with Crippen molar-refractivity contribution in [2.45, 2.75) is 44.9 Å². The highest BCUT2D eigenvalue weighted by atomic mass is 16.5. The first kappa shape index (κ1) is 16.2. The molecule has 2 N–H and O–H groups in total. The Bertz CT molecular complexity index is 549. The second kappa shape index (κ2) is 7.27. The van der Waals surface area contributed by atoms with E-state index in [2.05, 4.69) is 20.5 Å². The molecule has 0 aliphatic carbocycles. The Morgan fingerprint density at radius 2 is 2.39 bits per heavy atom. The molecule has 2 fully saturated rings. The summed E-state index contributed by atoms with van der Waals surface area (Å²) in [5.74, 6) is 0.526. The number of pyridine rings is 1. The summed E-state index contributed by atoms with van der Waals surface area (Å²) < 4.78 is 5.89. The Balaban J connectivity index is 1.55. The third kappa shape index (κ3) is 4.00. The van der Waals surface area contributed by atoms with Gasteiger partial charge in [-0.15, -0.1) is 0 Å². The fraction of sp³-hybridized carbons (Fsp3) is 0.647. The fourth-order valence-electron chi connectivity index (χ4n) is 3.29. The zero-order valence-corrected chi connectivity index (χ0v) is 13.9. The maximum absolute atomic E-state index is 12.5. The van der Waals surface area contributed by atoms with Gasteiger partial charge in [0.05, 0.1) is 18.3 Å². The summed E-state index contributed by atoms with van der Waals surface area (Å²) in [6.45, 7) is 7.45. The smallest absolute Gasteiger partial charge is 0.255 e. The van der Waals surface area contributed by atoms with Gasteiger partial charge in [0.1, 0.15) is 5.82 Å². The SMILES string of the molecule is CC(C)Nc1ncccc1C(=O)NC[C@@H]1CN2CCC[C@@H]2CO1. The van der Waals surface area contributed by atoms with Gasteiger partial charge in [-0.2, -0.15) is 0 Å². The molecule has 2 aliphatic heterocycles. The number of nitrogens with one attached hydrogen (secondary N) is 2. The normalized spacial score (nSPS) is 24.5. The molecule has 2 aliphatic rings. The van der Waals surface area contributed by atoms with Gasteiger partial charge in [-0.1, -0.05) is 0 Å². The number of anilines is 1. The first-order chi connectivity index (χ1) is 11.1. The molecular formula is C17H26N4O2. The van der Waals surface area contributed by atoms with Crippen LogP contribution >= 0.6 is 0 Å². The number of amides is 1.